The van der Waals surface area contributed by atoms with E-state index in [9.17, 15) is 9.59 Å². The van der Waals surface area contributed by atoms with Crippen molar-refractivity contribution in [1.29, 1.82) is 0 Å². The molecule has 0 radical (unpaired) electrons. The number of halogens is 1. The average Bonchev–Trinajstić information content (AvgIpc) is 2.84. The first-order valence-corrected chi connectivity index (χ1v) is 8.28. The summed E-state index contributed by atoms with van der Waals surface area (Å²) in [5, 5.41) is 3.04. The summed E-state index contributed by atoms with van der Waals surface area (Å²) >= 11 is 0. The number of hydrogen-bond acceptors (Lipinski definition) is 4. The highest BCUT2D eigenvalue weighted by Gasteiger charge is 2.25. The SMILES string of the molecule is Cc1cc(C(=O)NC2CCN(C(=O)CCC(C)N)CC2)c(C)o1.Cl. The van der Waals surface area contributed by atoms with E-state index in [0.29, 0.717) is 37.3 Å². The van der Waals surface area contributed by atoms with Crippen LogP contribution in [0, 0.1) is 13.8 Å². The van der Waals surface area contributed by atoms with Crippen molar-refractivity contribution in [3.8, 4) is 0 Å². The lowest BCUT2D eigenvalue weighted by molar-refractivity contribution is -0.132. The molecular weight excluding hydrogens is 330 g/mol. The second-order valence-corrected chi connectivity index (χ2v) is 6.47. The lowest BCUT2D eigenvalue weighted by atomic mass is 10.0. The van der Waals surface area contributed by atoms with E-state index in [1.54, 1.807) is 13.0 Å². The second-order valence-electron chi connectivity index (χ2n) is 6.47. The van der Waals surface area contributed by atoms with Gasteiger partial charge in [-0.05, 0) is 46.1 Å². The van der Waals surface area contributed by atoms with E-state index in [2.05, 4.69) is 5.32 Å². The van der Waals surface area contributed by atoms with Gasteiger partial charge in [0.15, 0.2) is 0 Å². The number of furan rings is 1. The van der Waals surface area contributed by atoms with Crippen LogP contribution in [-0.2, 0) is 4.79 Å². The third kappa shape index (κ3) is 5.53. The minimum Gasteiger partial charge on any atom is -0.466 e. The summed E-state index contributed by atoms with van der Waals surface area (Å²) in [4.78, 5) is 26.2. The van der Waals surface area contributed by atoms with Gasteiger partial charge in [-0.3, -0.25) is 9.59 Å². The number of piperidine rings is 1. The zero-order chi connectivity index (χ0) is 17.0. The number of likely N-dealkylation sites (tertiary alicyclic amines) is 1. The molecule has 2 amide bonds. The molecular formula is C17H28ClN3O3. The minimum absolute atomic E-state index is 0. The summed E-state index contributed by atoms with van der Waals surface area (Å²) in [5.74, 6) is 1.44. The van der Waals surface area contributed by atoms with Crippen LogP contribution in [0.2, 0.25) is 0 Å². The number of rotatable bonds is 5. The fourth-order valence-electron chi connectivity index (χ4n) is 2.90. The van der Waals surface area contributed by atoms with Crippen molar-refractivity contribution < 1.29 is 14.0 Å². The summed E-state index contributed by atoms with van der Waals surface area (Å²) < 4.78 is 5.40. The van der Waals surface area contributed by atoms with Crippen LogP contribution in [0.1, 0.15) is 54.5 Å². The number of aryl methyl sites for hydroxylation is 2. The van der Waals surface area contributed by atoms with Crippen molar-refractivity contribution in [2.24, 2.45) is 5.73 Å². The Morgan fingerprint density at radius 2 is 2.00 bits per heavy atom. The number of nitrogens with one attached hydrogen (secondary N) is 1. The van der Waals surface area contributed by atoms with E-state index in [0.717, 1.165) is 18.6 Å². The van der Waals surface area contributed by atoms with Gasteiger partial charge in [-0.25, -0.2) is 0 Å². The van der Waals surface area contributed by atoms with Crippen molar-refractivity contribution >= 4 is 24.2 Å². The Kier molecular flexibility index (Phi) is 7.76. The quantitative estimate of drug-likeness (QED) is 0.845. The molecule has 3 N–H and O–H groups in total. The number of carbonyl (C=O) groups excluding carboxylic acids is 2. The number of nitrogens with zero attached hydrogens (tertiary/aromatic N) is 1. The number of amides is 2. The van der Waals surface area contributed by atoms with E-state index in [1.807, 2.05) is 18.7 Å². The summed E-state index contributed by atoms with van der Waals surface area (Å²) in [6, 6.07) is 1.92. The third-order valence-corrected chi connectivity index (χ3v) is 4.28. The highest BCUT2D eigenvalue weighted by molar-refractivity contribution is 5.95. The topological polar surface area (TPSA) is 88.6 Å². The Balaban J connectivity index is 0.00000288. The molecule has 1 saturated heterocycles. The fourth-order valence-corrected chi connectivity index (χ4v) is 2.90. The first-order valence-electron chi connectivity index (χ1n) is 8.28. The Morgan fingerprint density at radius 1 is 1.38 bits per heavy atom. The van der Waals surface area contributed by atoms with Crippen molar-refractivity contribution in [3.05, 3.63) is 23.2 Å². The molecule has 0 aromatic carbocycles. The van der Waals surface area contributed by atoms with Crippen LogP contribution < -0.4 is 11.1 Å². The normalized spacial score (nSPS) is 16.4. The van der Waals surface area contributed by atoms with E-state index in [4.69, 9.17) is 10.2 Å². The van der Waals surface area contributed by atoms with Gasteiger partial charge in [0.05, 0.1) is 5.56 Å². The Hall–Kier alpha value is -1.53. The zero-order valence-corrected chi connectivity index (χ0v) is 15.4. The van der Waals surface area contributed by atoms with Gasteiger partial charge < -0.3 is 20.4 Å². The highest BCUT2D eigenvalue weighted by atomic mass is 35.5. The molecule has 7 heteroatoms. The summed E-state index contributed by atoms with van der Waals surface area (Å²) in [7, 11) is 0. The molecule has 0 saturated carbocycles. The number of carbonyl (C=O) groups is 2. The molecule has 0 bridgehead atoms. The Labute approximate surface area is 149 Å². The number of hydrogen-bond donors (Lipinski definition) is 2. The molecule has 0 spiro atoms. The van der Waals surface area contributed by atoms with E-state index < -0.39 is 0 Å². The predicted octanol–water partition coefficient (Wildman–Crippen LogP) is 2.17. The maximum atomic E-state index is 12.3. The summed E-state index contributed by atoms with van der Waals surface area (Å²) in [5.41, 5.74) is 6.29. The fraction of sp³-hybridized carbons (Fsp3) is 0.647. The Bertz CT molecular complexity index is 563. The van der Waals surface area contributed by atoms with Crippen LogP contribution in [-0.4, -0.2) is 41.9 Å². The molecule has 1 aliphatic heterocycles. The minimum atomic E-state index is -0.0962. The van der Waals surface area contributed by atoms with Crippen molar-refractivity contribution in [1.82, 2.24) is 10.2 Å². The summed E-state index contributed by atoms with van der Waals surface area (Å²) in [6.07, 6.45) is 2.79. The molecule has 1 aromatic rings. The molecule has 1 atom stereocenters. The molecule has 0 aliphatic carbocycles. The molecule has 6 nitrogen and oxygen atoms in total. The second kappa shape index (κ2) is 9.08. The lowest BCUT2D eigenvalue weighted by Crippen LogP contribution is -2.46. The molecule has 2 heterocycles. The van der Waals surface area contributed by atoms with Gasteiger partial charge in [0.2, 0.25) is 5.91 Å². The van der Waals surface area contributed by atoms with E-state index in [1.165, 1.54) is 0 Å². The highest BCUT2D eigenvalue weighted by Crippen LogP contribution is 2.16. The van der Waals surface area contributed by atoms with Crippen LogP contribution in [0.5, 0.6) is 0 Å². The Morgan fingerprint density at radius 3 is 2.50 bits per heavy atom. The van der Waals surface area contributed by atoms with Crippen LogP contribution in [0.4, 0.5) is 0 Å². The monoisotopic (exact) mass is 357 g/mol. The van der Waals surface area contributed by atoms with Crippen LogP contribution >= 0.6 is 12.4 Å². The average molecular weight is 358 g/mol. The molecule has 1 aliphatic rings. The van der Waals surface area contributed by atoms with E-state index >= 15 is 0 Å². The predicted molar refractivity (Wildman–Crippen MR) is 95.4 cm³/mol. The zero-order valence-electron chi connectivity index (χ0n) is 14.6. The largest absolute Gasteiger partial charge is 0.466 e. The molecule has 24 heavy (non-hydrogen) atoms. The van der Waals surface area contributed by atoms with Gasteiger partial charge in [0.1, 0.15) is 11.5 Å². The maximum Gasteiger partial charge on any atom is 0.255 e. The van der Waals surface area contributed by atoms with Crippen LogP contribution in [0.15, 0.2) is 10.5 Å². The van der Waals surface area contributed by atoms with E-state index in [-0.39, 0.29) is 36.3 Å². The maximum absolute atomic E-state index is 12.3. The van der Waals surface area contributed by atoms with Crippen molar-refractivity contribution in [2.45, 2.75) is 58.5 Å². The first-order chi connectivity index (χ1) is 10.9. The van der Waals surface area contributed by atoms with Crippen LogP contribution in [0.3, 0.4) is 0 Å². The van der Waals surface area contributed by atoms with Gasteiger partial charge in [-0.15, -0.1) is 12.4 Å². The lowest BCUT2D eigenvalue weighted by Gasteiger charge is -2.32. The standard InChI is InChI=1S/C17H27N3O3.ClH/c1-11(18)4-5-16(21)20-8-6-14(7-9-20)19-17(22)15-10-12(2)23-13(15)3;/h10-11,14H,4-9,18H2,1-3H3,(H,19,22);1H. The molecule has 2 rings (SSSR count). The molecule has 1 unspecified atom stereocenters. The van der Waals surface area contributed by atoms with Crippen molar-refractivity contribution in [2.75, 3.05) is 13.1 Å². The van der Waals surface area contributed by atoms with Gasteiger partial charge in [0.25, 0.3) is 5.91 Å². The van der Waals surface area contributed by atoms with Crippen LogP contribution in [0.25, 0.3) is 0 Å². The smallest absolute Gasteiger partial charge is 0.255 e. The third-order valence-electron chi connectivity index (χ3n) is 4.28. The summed E-state index contributed by atoms with van der Waals surface area (Å²) in [6.45, 7) is 6.91. The molecule has 1 aromatic heterocycles. The van der Waals surface area contributed by atoms with Gasteiger partial charge in [-0.1, -0.05) is 0 Å². The van der Waals surface area contributed by atoms with Gasteiger partial charge in [0, 0.05) is 31.6 Å². The first kappa shape index (κ1) is 20.5. The number of nitrogens with two attached hydrogens (primary N) is 1. The van der Waals surface area contributed by atoms with Crippen molar-refractivity contribution in [3.63, 3.8) is 0 Å². The molecule has 1 fully saturated rings. The van der Waals surface area contributed by atoms with Gasteiger partial charge in [-0.2, -0.15) is 0 Å². The molecule has 136 valence electrons. The van der Waals surface area contributed by atoms with Gasteiger partial charge >= 0.3 is 0 Å².